The largest absolute Gasteiger partial charge is 0.374 e. The second kappa shape index (κ2) is 6.43. The monoisotopic (exact) mass is 230 g/mol. The van der Waals surface area contributed by atoms with Gasteiger partial charge in [-0.05, 0) is 31.2 Å². The highest BCUT2D eigenvalue weighted by Gasteiger charge is 2.18. The van der Waals surface area contributed by atoms with E-state index in [1.165, 1.54) is 31.2 Å². The van der Waals surface area contributed by atoms with E-state index in [1.807, 2.05) is 0 Å². The Bertz CT molecular complexity index is 339. The lowest BCUT2D eigenvalue weighted by Crippen LogP contribution is -2.29. The van der Waals surface area contributed by atoms with Crippen LogP contribution in [0.5, 0.6) is 0 Å². The van der Waals surface area contributed by atoms with Crippen LogP contribution in [0.4, 0.5) is 0 Å². The number of rotatable bonds is 5. The topological polar surface area (TPSA) is 35.9 Å². The summed E-state index contributed by atoms with van der Waals surface area (Å²) in [6, 6.07) is 10.6. The van der Waals surface area contributed by atoms with Gasteiger partial charge in [-0.15, -0.1) is 0 Å². The molecule has 0 amide bonds. The van der Waals surface area contributed by atoms with Crippen molar-refractivity contribution < 1.29 is 0 Å². The van der Waals surface area contributed by atoms with Crippen LogP contribution < -0.4 is 5.32 Å². The minimum atomic E-state index is 0.520. The Kier molecular flexibility index (Phi) is 4.60. The van der Waals surface area contributed by atoms with E-state index in [-0.39, 0.29) is 0 Å². The van der Waals surface area contributed by atoms with Crippen molar-refractivity contribution in [3.05, 3.63) is 35.9 Å². The van der Waals surface area contributed by atoms with Crippen molar-refractivity contribution in [3.63, 3.8) is 0 Å². The van der Waals surface area contributed by atoms with Gasteiger partial charge in [-0.3, -0.25) is 5.41 Å². The summed E-state index contributed by atoms with van der Waals surface area (Å²) in [5, 5.41) is 11.2. The molecule has 0 heterocycles. The molecule has 1 saturated carbocycles. The summed E-state index contributed by atoms with van der Waals surface area (Å²) < 4.78 is 0. The highest BCUT2D eigenvalue weighted by atomic mass is 14.9. The Morgan fingerprint density at radius 2 is 1.88 bits per heavy atom. The van der Waals surface area contributed by atoms with Gasteiger partial charge < -0.3 is 5.32 Å². The molecule has 92 valence electrons. The fourth-order valence-corrected chi connectivity index (χ4v) is 2.52. The molecule has 0 saturated heterocycles. The van der Waals surface area contributed by atoms with E-state index in [9.17, 15) is 0 Å². The second-order valence-corrected chi connectivity index (χ2v) is 4.91. The standard InChI is InChI=1S/C15H22N2/c16-15(14-10-4-5-11-14)17-12-6-9-13-7-2-1-3-8-13/h1-3,7-8,14H,4-6,9-12H2,(H2,16,17). The summed E-state index contributed by atoms with van der Waals surface area (Å²) in [5.74, 6) is 1.29. The molecular weight excluding hydrogens is 208 g/mol. The predicted molar refractivity (Wildman–Crippen MR) is 72.5 cm³/mol. The van der Waals surface area contributed by atoms with Gasteiger partial charge in [0.15, 0.2) is 0 Å². The predicted octanol–water partition coefficient (Wildman–Crippen LogP) is 3.38. The summed E-state index contributed by atoms with van der Waals surface area (Å²) >= 11 is 0. The van der Waals surface area contributed by atoms with E-state index in [0.717, 1.165) is 25.2 Å². The van der Waals surface area contributed by atoms with Crippen molar-refractivity contribution in [2.75, 3.05) is 6.54 Å². The molecular formula is C15H22N2. The first kappa shape index (κ1) is 12.2. The van der Waals surface area contributed by atoms with Gasteiger partial charge in [0.1, 0.15) is 0 Å². The Morgan fingerprint density at radius 1 is 1.18 bits per heavy atom. The molecule has 0 spiro atoms. The van der Waals surface area contributed by atoms with Crippen LogP contribution in [0.3, 0.4) is 0 Å². The van der Waals surface area contributed by atoms with E-state index in [1.54, 1.807) is 0 Å². The van der Waals surface area contributed by atoms with Crippen LogP contribution in [0.25, 0.3) is 0 Å². The molecule has 2 N–H and O–H groups in total. The maximum Gasteiger partial charge on any atom is 0.0963 e. The molecule has 17 heavy (non-hydrogen) atoms. The number of nitrogens with one attached hydrogen (secondary N) is 2. The Morgan fingerprint density at radius 3 is 2.59 bits per heavy atom. The van der Waals surface area contributed by atoms with Crippen LogP contribution >= 0.6 is 0 Å². The van der Waals surface area contributed by atoms with Gasteiger partial charge in [0.05, 0.1) is 5.84 Å². The average Bonchev–Trinajstić information content (AvgIpc) is 2.89. The molecule has 2 rings (SSSR count). The van der Waals surface area contributed by atoms with Crippen LogP contribution in [-0.2, 0) is 6.42 Å². The highest BCUT2D eigenvalue weighted by Crippen LogP contribution is 2.24. The first-order valence-electron chi connectivity index (χ1n) is 6.72. The van der Waals surface area contributed by atoms with Crippen molar-refractivity contribution in [1.82, 2.24) is 5.32 Å². The van der Waals surface area contributed by atoms with Gasteiger partial charge in [-0.2, -0.15) is 0 Å². The van der Waals surface area contributed by atoms with Gasteiger partial charge in [0.25, 0.3) is 0 Å². The van der Waals surface area contributed by atoms with Crippen LogP contribution in [0.15, 0.2) is 30.3 Å². The fourth-order valence-electron chi connectivity index (χ4n) is 2.52. The molecule has 2 nitrogen and oxygen atoms in total. The first-order valence-corrected chi connectivity index (χ1v) is 6.72. The summed E-state index contributed by atoms with van der Waals surface area (Å²) in [7, 11) is 0. The van der Waals surface area contributed by atoms with Crippen LogP contribution in [0.1, 0.15) is 37.7 Å². The highest BCUT2D eigenvalue weighted by molar-refractivity contribution is 5.81. The zero-order valence-corrected chi connectivity index (χ0v) is 10.4. The fraction of sp³-hybridized carbons (Fsp3) is 0.533. The SMILES string of the molecule is N=C(NCCCc1ccccc1)C1CCCC1. The van der Waals surface area contributed by atoms with Gasteiger partial charge in [0, 0.05) is 12.5 Å². The van der Waals surface area contributed by atoms with Gasteiger partial charge in [-0.25, -0.2) is 0 Å². The van der Waals surface area contributed by atoms with Crippen molar-refractivity contribution >= 4 is 5.84 Å². The number of hydrogen-bond donors (Lipinski definition) is 2. The molecule has 1 aromatic rings. The number of hydrogen-bond acceptors (Lipinski definition) is 1. The summed E-state index contributed by atoms with van der Waals surface area (Å²) in [6.45, 7) is 0.935. The lowest BCUT2D eigenvalue weighted by Gasteiger charge is -2.13. The maximum atomic E-state index is 7.96. The molecule has 1 aliphatic carbocycles. The molecule has 1 aromatic carbocycles. The van der Waals surface area contributed by atoms with Gasteiger partial charge in [-0.1, -0.05) is 43.2 Å². The summed E-state index contributed by atoms with van der Waals surface area (Å²) in [4.78, 5) is 0. The minimum Gasteiger partial charge on any atom is -0.374 e. The van der Waals surface area contributed by atoms with E-state index in [2.05, 4.69) is 35.6 Å². The second-order valence-electron chi connectivity index (χ2n) is 4.91. The number of aryl methyl sites for hydroxylation is 1. The van der Waals surface area contributed by atoms with Crippen molar-refractivity contribution in [2.45, 2.75) is 38.5 Å². The maximum absolute atomic E-state index is 7.96. The van der Waals surface area contributed by atoms with Crippen LogP contribution in [0, 0.1) is 11.3 Å². The normalized spacial score (nSPS) is 16.0. The molecule has 0 atom stereocenters. The van der Waals surface area contributed by atoms with Crippen molar-refractivity contribution in [2.24, 2.45) is 5.92 Å². The lowest BCUT2D eigenvalue weighted by atomic mass is 10.1. The number of benzene rings is 1. The molecule has 0 radical (unpaired) electrons. The van der Waals surface area contributed by atoms with Gasteiger partial charge in [0.2, 0.25) is 0 Å². The summed E-state index contributed by atoms with van der Waals surface area (Å²) in [6.07, 6.45) is 7.25. The van der Waals surface area contributed by atoms with Crippen LogP contribution in [-0.4, -0.2) is 12.4 Å². The van der Waals surface area contributed by atoms with E-state index in [4.69, 9.17) is 5.41 Å². The number of amidine groups is 1. The molecule has 2 heteroatoms. The van der Waals surface area contributed by atoms with Crippen molar-refractivity contribution in [3.8, 4) is 0 Å². The minimum absolute atomic E-state index is 0.520. The lowest BCUT2D eigenvalue weighted by molar-refractivity contribution is 0.667. The van der Waals surface area contributed by atoms with Crippen LogP contribution in [0.2, 0.25) is 0 Å². The molecule has 0 bridgehead atoms. The third-order valence-electron chi connectivity index (χ3n) is 3.56. The van der Waals surface area contributed by atoms with E-state index < -0.39 is 0 Å². The third kappa shape index (κ3) is 3.88. The molecule has 0 aliphatic heterocycles. The third-order valence-corrected chi connectivity index (χ3v) is 3.56. The zero-order chi connectivity index (χ0) is 11.9. The summed E-state index contributed by atoms with van der Waals surface area (Å²) in [5.41, 5.74) is 1.39. The first-order chi connectivity index (χ1) is 8.36. The molecule has 1 aliphatic rings. The quantitative estimate of drug-likeness (QED) is 0.454. The van der Waals surface area contributed by atoms with Gasteiger partial charge >= 0.3 is 0 Å². The molecule has 1 fully saturated rings. The smallest absolute Gasteiger partial charge is 0.0963 e. The van der Waals surface area contributed by atoms with Crippen molar-refractivity contribution in [1.29, 1.82) is 5.41 Å². The Labute approximate surface area is 104 Å². The molecule has 0 unspecified atom stereocenters. The van der Waals surface area contributed by atoms with E-state index in [0.29, 0.717) is 5.92 Å². The molecule has 0 aromatic heterocycles. The Balaban J connectivity index is 1.61. The van der Waals surface area contributed by atoms with E-state index >= 15 is 0 Å². The zero-order valence-electron chi connectivity index (χ0n) is 10.4. The average molecular weight is 230 g/mol. The Hall–Kier alpha value is -1.31.